The second-order valence-corrected chi connectivity index (χ2v) is 3.14. The van der Waals surface area contributed by atoms with Crippen molar-refractivity contribution in [3.8, 4) is 0 Å². The van der Waals surface area contributed by atoms with Crippen molar-refractivity contribution in [3.63, 3.8) is 0 Å². The van der Waals surface area contributed by atoms with E-state index in [4.69, 9.17) is 9.31 Å². The summed E-state index contributed by atoms with van der Waals surface area (Å²) < 4.78 is 10.0. The van der Waals surface area contributed by atoms with E-state index in [1.165, 1.54) is 11.9 Å². The molecule has 2 atom stereocenters. The maximum Gasteiger partial charge on any atom is 0.439 e. The van der Waals surface area contributed by atoms with Crippen LogP contribution in [0.2, 0.25) is 0 Å². The summed E-state index contributed by atoms with van der Waals surface area (Å²) in [5.74, 6) is -0.612. The SMILES string of the molecule is CNC(=O)C1OBOC1C(=O)N(C)C. The summed E-state index contributed by atoms with van der Waals surface area (Å²) in [4.78, 5) is 24.2. The lowest BCUT2D eigenvalue weighted by Crippen LogP contribution is -2.46. The van der Waals surface area contributed by atoms with E-state index in [-0.39, 0.29) is 19.5 Å². The Bertz CT molecular complexity index is 246. The normalized spacial score (nSPS) is 25.4. The van der Waals surface area contributed by atoms with E-state index in [1.54, 1.807) is 14.1 Å². The van der Waals surface area contributed by atoms with Gasteiger partial charge < -0.3 is 19.5 Å². The maximum absolute atomic E-state index is 11.5. The van der Waals surface area contributed by atoms with Crippen LogP contribution in [0.15, 0.2) is 0 Å². The molecule has 1 saturated heterocycles. The van der Waals surface area contributed by atoms with Gasteiger partial charge in [0.2, 0.25) is 0 Å². The zero-order chi connectivity index (χ0) is 10.7. The molecule has 6 nitrogen and oxygen atoms in total. The summed E-state index contributed by atoms with van der Waals surface area (Å²) in [7, 11) is 4.67. The van der Waals surface area contributed by atoms with Gasteiger partial charge in [0.05, 0.1) is 0 Å². The summed E-state index contributed by atoms with van der Waals surface area (Å²) in [5.41, 5.74) is 0. The van der Waals surface area contributed by atoms with Gasteiger partial charge in [-0.2, -0.15) is 0 Å². The molecule has 1 rings (SSSR count). The minimum atomic E-state index is -0.838. The molecule has 0 radical (unpaired) electrons. The van der Waals surface area contributed by atoms with Crippen LogP contribution in [0.1, 0.15) is 0 Å². The first-order valence-corrected chi connectivity index (χ1v) is 4.24. The first kappa shape index (κ1) is 11.0. The van der Waals surface area contributed by atoms with Gasteiger partial charge in [0.1, 0.15) is 0 Å². The number of hydrogen-bond acceptors (Lipinski definition) is 4. The van der Waals surface area contributed by atoms with Crippen LogP contribution in [-0.2, 0) is 18.9 Å². The minimum absolute atomic E-state index is 0.0255. The third kappa shape index (κ3) is 2.05. The van der Waals surface area contributed by atoms with Crippen LogP contribution in [0, 0.1) is 0 Å². The van der Waals surface area contributed by atoms with E-state index in [9.17, 15) is 9.59 Å². The van der Waals surface area contributed by atoms with E-state index in [2.05, 4.69) is 5.32 Å². The molecule has 0 aromatic rings. The van der Waals surface area contributed by atoms with Crippen LogP contribution >= 0.6 is 0 Å². The third-order valence-corrected chi connectivity index (χ3v) is 1.96. The largest absolute Gasteiger partial charge is 0.439 e. The van der Waals surface area contributed by atoms with Crippen molar-refractivity contribution in [2.75, 3.05) is 21.1 Å². The average molecular weight is 200 g/mol. The molecular formula is C7H13BN2O4. The Labute approximate surface area is 82.8 Å². The first-order valence-electron chi connectivity index (χ1n) is 4.24. The summed E-state index contributed by atoms with van der Waals surface area (Å²) in [6.45, 7) is 0. The van der Waals surface area contributed by atoms with Gasteiger partial charge in [0.15, 0.2) is 12.2 Å². The first-order chi connectivity index (χ1) is 6.57. The predicted octanol–water partition coefficient (Wildman–Crippen LogP) is -2.13. The highest BCUT2D eigenvalue weighted by Gasteiger charge is 2.40. The number of carbonyl (C=O) groups is 2. The van der Waals surface area contributed by atoms with E-state index in [0.717, 1.165) is 0 Å². The molecule has 0 aromatic heterocycles. The Kier molecular flexibility index (Phi) is 3.48. The van der Waals surface area contributed by atoms with Crippen molar-refractivity contribution in [1.82, 2.24) is 10.2 Å². The van der Waals surface area contributed by atoms with Gasteiger partial charge in [-0.25, -0.2) is 0 Å². The van der Waals surface area contributed by atoms with Gasteiger partial charge in [-0.3, -0.25) is 9.59 Å². The topological polar surface area (TPSA) is 67.9 Å². The zero-order valence-corrected chi connectivity index (χ0v) is 8.44. The number of rotatable bonds is 2. The van der Waals surface area contributed by atoms with Gasteiger partial charge in [-0.15, -0.1) is 0 Å². The summed E-state index contributed by atoms with van der Waals surface area (Å²) in [5, 5.41) is 2.42. The quantitative estimate of drug-likeness (QED) is 0.517. The summed E-state index contributed by atoms with van der Waals surface area (Å²) in [6, 6.07) is 0. The number of hydrogen-bond donors (Lipinski definition) is 1. The maximum atomic E-state index is 11.5. The molecule has 0 saturated carbocycles. The molecule has 1 fully saturated rings. The highest BCUT2D eigenvalue weighted by Crippen LogP contribution is 2.13. The fourth-order valence-corrected chi connectivity index (χ4v) is 1.17. The fraction of sp³-hybridized carbons (Fsp3) is 0.714. The molecule has 78 valence electrons. The molecule has 1 heterocycles. The van der Waals surface area contributed by atoms with Crippen LogP contribution in [0.3, 0.4) is 0 Å². The molecule has 1 N–H and O–H groups in total. The molecule has 0 spiro atoms. The average Bonchev–Trinajstić information content (AvgIpc) is 2.63. The van der Waals surface area contributed by atoms with E-state index < -0.39 is 12.2 Å². The molecular weight excluding hydrogens is 187 g/mol. The van der Waals surface area contributed by atoms with Gasteiger partial charge in [0, 0.05) is 21.1 Å². The van der Waals surface area contributed by atoms with Crippen molar-refractivity contribution >= 4 is 19.5 Å². The van der Waals surface area contributed by atoms with E-state index in [0.29, 0.717) is 0 Å². The molecule has 14 heavy (non-hydrogen) atoms. The molecule has 0 aromatic carbocycles. The lowest BCUT2D eigenvalue weighted by Gasteiger charge is -2.19. The van der Waals surface area contributed by atoms with Crippen molar-refractivity contribution in [3.05, 3.63) is 0 Å². The molecule has 7 heteroatoms. The molecule has 1 aliphatic heterocycles. The fourth-order valence-electron chi connectivity index (χ4n) is 1.17. The molecule has 0 bridgehead atoms. The standard InChI is InChI=1S/C7H13BN2O4/c1-9-6(11)4-5(14-8-13-4)7(12)10(2)3/h4-5,8H,1-3H3,(H,9,11). The van der Waals surface area contributed by atoms with Crippen LogP contribution in [0.4, 0.5) is 0 Å². The lowest BCUT2D eigenvalue weighted by molar-refractivity contribution is -0.142. The van der Waals surface area contributed by atoms with Crippen LogP contribution in [0.5, 0.6) is 0 Å². The van der Waals surface area contributed by atoms with Gasteiger partial charge in [-0.1, -0.05) is 0 Å². The highest BCUT2D eigenvalue weighted by atomic mass is 16.6. The zero-order valence-electron chi connectivity index (χ0n) is 8.44. The number of likely N-dealkylation sites (N-methyl/N-ethyl adjacent to an activating group) is 2. The minimum Gasteiger partial charge on any atom is -0.400 e. The van der Waals surface area contributed by atoms with Crippen LogP contribution in [0.25, 0.3) is 0 Å². The van der Waals surface area contributed by atoms with E-state index >= 15 is 0 Å². The summed E-state index contributed by atoms with van der Waals surface area (Å²) in [6.07, 6.45) is -1.67. The monoisotopic (exact) mass is 200 g/mol. The number of nitrogens with zero attached hydrogens (tertiary/aromatic N) is 1. The highest BCUT2D eigenvalue weighted by molar-refractivity contribution is 6.21. The van der Waals surface area contributed by atoms with Gasteiger partial charge in [0.25, 0.3) is 11.8 Å². The van der Waals surface area contributed by atoms with Crippen molar-refractivity contribution in [1.29, 1.82) is 0 Å². The molecule has 2 amide bonds. The van der Waals surface area contributed by atoms with Crippen molar-refractivity contribution in [2.45, 2.75) is 12.2 Å². The second kappa shape index (κ2) is 4.43. The van der Waals surface area contributed by atoms with E-state index in [1.807, 2.05) is 0 Å². The van der Waals surface area contributed by atoms with Crippen LogP contribution < -0.4 is 5.32 Å². The smallest absolute Gasteiger partial charge is 0.400 e. The van der Waals surface area contributed by atoms with Gasteiger partial charge >= 0.3 is 7.69 Å². The number of nitrogens with one attached hydrogen (secondary N) is 1. The van der Waals surface area contributed by atoms with Crippen LogP contribution in [-0.4, -0.2) is 57.8 Å². The lowest BCUT2D eigenvalue weighted by atomic mass is 10.1. The Hall–Kier alpha value is -1.08. The Morgan fingerprint density at radius 3 is 2.36 bits per heavy atom. The second-order valence-electron chi connectivity index (χ2n) is 3.14. The predicted molar refractivity (Wildman–Crippen MR) is 49.7 cm³/mol. The summed E-state index contributed by atoms with van der Waals surface area (Å²) >= 11 is 0. The number of carbonyl (C=O) groups excluding carboxylic acids is 2. The Morgan fingerprint density at radius 1 is 1.29 bits per heavy atom. The Morgan fingerprint density at radius 2 is 1.86 bits per heavy atom. The molecule has 0 aliphatic carbocycles. The number of amides is 2. The Balaban J connectivity index is 2.68. The van der Waals surface area contributed by atoms with Crippen molar-refractivity contribution in [2.24, 2.45) is 0 Å². The third-order valence-electron chi connectivity index (χ3n) is 1.96. The van der Waals surface area contributed by atoms with Gasteiger partial charge in [-0.05, 0) is 0 Å². The van der Waals surface area contributed by atoms with Crippen molar-refractivity contribution < 1.29 is 18.9 Å². The molecule has 1 aliphatic rings. The molecule has 2 unspecified atom stereocenters.